The largest absolute Gasteiger partial charge is 0.478 e. The smallest absolute Gasteiger partial charge is 0.333 e. The highest BCUT2D eigenvalue weighted by Gasteiger charge is 2.16. The van der Waals surface area contributed by atoms with Gasteiger partial charge in [-0.2, -0.15) is 0 Å². The average Bonchev–Trinajstić information content (AvgIpc) is 1.90. The van der Waals surface area contributed by atoms with E-state index in [1.165, 1.54) is 0 Å². The molecular weight excluding hydrogens is 136 g/mol. The summed E-state index contributed by atoms with van der Waals surface area (Å²) in [5.41, 5.74) is -0.134. The number of hydrogen-bond acceptors (Lipinski definition) is 3. The normalized spacial score (nSPS) is 12.6. The Morgan fingerprint density at radius 3 is 2.40 bits per heavy atom. The van der Waals surface area contributed by atoms with Crippen molar-refractivity contribution in [3.8, 4) is 0 Å². The van der Waals surface area contributed by atoms with Crippen molar-refractivity contribution in [3.63, 3.8) is 0 Å². The van der Waals surface area contributed by atoms with Crippen molar-refractivity contribution < 1.29 is 20.0 Å². The van der Waals surface area contributed by atoms with E-state index in [1.54, 1.807) is 6.92 Å². The molecule has 0 aromatic carbocycles. The van der Waals surface area contributed by atoms with Crippen LogP contribution in [0.3, 0.4) is 0 Å². The molecule has 10 heavy (non-hydrogen) atoms. The lowest BCUT2D eigenvalue weighted by Crippen LogP contribution is -2.18. The molecule has 0 radical (unpaired) electrons. The number of rotatable bonds is 4. The van der Waals surface area contributed by atoms with Crippen LogP contribution in [0, 0.1) is 0 Å². The fourth-order valence-electron chi connectivity index (χ4n) is 0.522. The quantitative estimate of drug-likeness (QED) is 0.351. The van der Waals surface area contributed by atoms with Crippen LogP contribution in [0.15, 0.2) is 12.2 Å². The maximum Gasteiger partial charge on any atom is 0.333 e. The molecule has 0 bridgehead atoms. The second-order valence-corrected chi connectivity index (χ2v) is 1.83. The van der Waals surface area contributed by atoms with Gasteiger partial charge < -0.3 is 5.11 Å². The molecule has 0 aliphatic carbocycles. The third-order valence-electron chi connectivity index (χ3n) is 1.16. The van der Waals surface area contributed by atoms with Gasteiger partial charge in [0.1, 0.15) is 6.10 Å². The predicted molar refractivity (Wildman–Crippen MR) is 34.6 cm³/mol. The highest BCUT2D eigenvalue weighted by atomic mass is 17.1. The summed E-state index contributed by atoms with van der Waals surface area (Å²) in [6.07, 6.45) is -0.403. The van der Waals surface area contributed by atoms with Crippen LogP contribution >= 0.6 is 0 Å². The minimum Gasteiger partial charge on any atom is -0.478 e. The van der Waals surface area contributed by atoms with Crippen LogP contribution in [-0.2, 0) is 9.68 Å². The van der Waals surface area contributed by atoms with E-state index >= 15 is 0 Å². The molecule has 0 fully saturated rings. The second kappa shape index (κ2) is 4.03. The summed E-state index contributed by atoms with van der Waals surface area (Å²) in [6.45, 7) is 4.90. The van der Waals surface area contributed by atoms with Gasteiger partial charge in [0.05, 0.1) is 5.57 Å². The Hall–Kier alpha value is -0.870. The molecule has 58 valence electrons. The summed E-state index contributed by atoms with van der Waals surface area (Å²) in [4.78, 5) is 14.0. The zero-order valence-electron chi connectivity index (χ0n) is 5.70. The van der Waals surface area contributed by atoms with Gasteiger partial charge in [0.25, 0.3) is 0 Å². The zero-order chi connectivity index (χ0) is 8.15. The Kier molecular flexibility index (Phi) is 3.68. The fourth-order valence-corrected chi connectivity index (χ4v) is 0.522. The number of hydrogen-bond donors (Lipinski definition) is 2. The van der Waals surface area contributed by atoms with Gasteiger partial charge in [0, 0.05) is 0 Å². The predicted octanol–water partition coefficient (Wildman–Crippen LogP) is 0.895. The topological polar surface area (TPSA) is 66.8 Å². The number of carboxylic acids is 1. The lowest BCUT2D eigenvalue weighted by molar-refractivity contribution is -0.269. The number of carboxylic acid groups (broad SMARTS) is 1. The molecule has 1 atom stereocenters. The van der Waals surface area contributed by atoms with E-state index in [1.807, 2.05) is 0 Å². The van der Waals surface area contributed by atoms with Gasteiger partial charge in [0.2, 0.25) is 0 Å². The maximum absolute atomic E-state index is 10.2. The van der Waals surface area contributed by atoms with Crippen LogP contribution in [0.1, 0.15) is 13.3 Å². The van der Waals surface area contributed by atoms with Crippen LogP contribution in [0.2, 0.25) is 0 Å². The average molecular weight is 146 g/mol. The van der Waals surface area contributed by atoms with E-state index in [2.05, 4.69) is 11.5 Å². The van der Waals surface area contributed by atoms with Crippen molar-refractivity contribution in [3.05, 3.63) is 12.2 Å². The summed E-state index contributed by atoms with van der Waals surface area (Å²) in [5.74, 6) is -1.15. The molecule has 4 heteroatoms. The van der Waals surface area contributed by atoms with Crippen LogP contribution in [0.5, 0.6) is 0 Å². The van der Waals surface area contributed by atoms with E-state index < -0.39 is 12.1 Å². The lowest BCUT2D eigenvalue weighted by Gasteiger charge is -2.08. The highest BCUT2D eigenvalue weighted by molar-refractivity contribution is 5.86. The van der Waals surface area contributed by atoms with Crippen LogP contribution in [-0.4, -0.2) is 22.4 Å². The summed E-state index contributed by atoms with van der Waals surface area (Å²) in [7, 11) is 0. The first-order valence-electron chi connectivity index (χ1n) is 2.85. The van der Waals surface area contributed by atoms with Gasteiger partial charge in [-0.25, -0.2) is 9.68 Å². The highest BCUT2D eigenvalue weighted by Crippen LogP contribution is 2.06. The Morgan fingerprint density at radius 2 is 2.30 bits per heavy atom. The Morgan fingerprint density at radius 1 is 1.80 bits per heavy atom. The summed E-state index contributed by atoms with van der Waals surface area (Å²) >= 11 is 0. The molecule has 1 unspecified atom stereocenters. The van der Waals surface area contributed by atoms with Crippen LogP contribution < -0.4 is 0 Å². The first-order valence-corrected chi connectivity index (χ1v) is 2.85. The van der Waals surface area contributed by atoms with Crippen molar-refractivity contribution in [2.24, 2.45) is 0 Å². The monoisotopic (exact) mass is 146 g/mol. The molecule has 0 aliphatic heterocycles. The third-order valence-corrected chi connectivity index (χ3v) is 1.16. The van der Waals surface area contributed by atoms with Crippen molar-refractivity contribution in [2.75, 3.05) is 0 Å². The number of aliphatic carboxylic acids is 1. The van der Waals surface area contributed by atoms with Crippen molar-refractivity contribution >= 4 is 5.97 Å². The summed E-state index contributed by atoms with van der Waals surface area (Å²) in [5, 5.41) is 16.4. The molecular formula is C6H10O4. The molecule has 0 rings (SSSR count). The van der Waals surface area contributed by atoms with E-state index in [-0.39, 0.29) is 5.57 Å². The van der Waals surface area contributed by atoms with E-state index in [9.17, 15) is 4.79 Å². The summed E-state index contributed by atoms with van der Waals surface area (Å²) in [6, 6.07) is 0. The Labute approximate surface area is 58.7 Å². The van der Waals surface area contributed by atoms with E-state index in [0.717, 1.165) is 0 Å². The van der Waals surface area contributed by atoms with Gasteiger partial charge in [0.15, 0.2) is 0 Å². The third kappa shape index (κ3) is 2.16. The first-order chi connectivity index (χ1) is 4.63. The minimum atomic E-state index is -1.15. The molecule has 0 saturated carbocycles. The number of carbonyl (C=O) groups is 1. The molecule has 0 aromatic heterocycles. The maximum atomic E-state index is 10.2. The minimum absolute atomic E-state index is 0.134. The first kappa shape index (κ1) is 9.13. The van der Waals surface area contributed by atoms with Gasteiger partial charge in [-0.3, -0.25) is 5.26 Å². The molecule has 0 amide bonds. The lowest BCUT2D eigenvalue weighted by atomic mass is 10.1. The molecule has 2 N–H and O–H groups in total. The molecule has 0 heterocycles. The fraction of sp³-hybridized carbons (Fsp3) is 0.500. The van der Waals surface area contributed by atoms with Gasteiger partial charge in [-0.05, 0) is 6.42 Å². The van der Waals surface area contributed by atoms with Gasteiger partial charge in [-0.1, -0.05) is 13.5 Å². The van der Waals surface area contributed by atoms with E-state index in [0.29, 0.717) is 6.42 Å². The van der Waals surface area contributed by atoms with Gasteiger partial charge >= 0.3 is 5.97 Å². The second-order valence-electron chi connectivity index (χ2n) is 1.83. The van der Waals surface area contributed by atoms with Crippen molar-refractivity contribution in [1.29, 1.82) is 0 Å². The molecule has 0 saturated heterocycles. The van der Waals surface area contributed by atoms with E-state index in [4.69, 9.17) is 10.4 Å². The Balaban J connectivity index is 4.02. The molecule has 0 spiro atoms. The van der Waals surface area contributed by atoms with Crippen LogP contribution in [0.25, 0.3) is 0 Å². The molecule has 4 nitrogen and oxygen atoms in total. The van der Waals surface area contributed by atoms with Crippen molar-refractivity contribution in [2.45, 2.75) is 19.4 Å². The van der Waals surface area contributed by atoms with Gasteiger partial charge in [-0.15, -0.1) is 0 Å². The van der Waals surface area contributed by atoms with Crippen LogP contribution in [0.4, 0.5) is 0 Å². The molecule has 0 aliphatic rings. The Bertz CT molecular complexity index is 137. The SMILES string of the molecule is C=C(C(=O)O)C(CC)OO. The van der Waals surface area contributed by atoms with Crippen molar-refractivity contribution in [1.82, 2.24) is 0 Å². The summed E-state index contributed by atoms with van der Waals surface area (Å²) < 4.78 is 0. The zero-order valence-corrected chi connectivity index (χ0v) is 5.70. The standard InChI is InChI=1S/C6H10O4/c1-3-5(10-9)4(2)6(7)8/h5,9H,2-3H2,1H3,(H,7,8). The molecule has 0 aromatic rings.